The van der Waals surface area contributed by atoms with E-state index in [1.165, 1.54) is 0 Å². The van der Waals surface area contributed by atoms with Crippen LogP contribution in [0.15, 0.2) is 30.5 Å². The Bertz CT molecular complexity index is 993. The molecule has 0 unspecified atom stereocenters. The highest BCUT2D eigenvalue weighted by Gasteiger charge is 2.12. The molecule has 0 spiro atoms. The Morgan fingerprint density at radius 1 is 1.12 bits per heavy atom. The van der Waals surface area contributed by atoms with E-state index in [0.29, 0.717) is 6.54 Å². The molecule has 122 valence electrons. The van der Waals surface area contributed by atoms with Crippen LogP contribution in [0.4, 0.5) is 5.69 Å². The zero-order valence-corrected chi connectivity index (χ0v) is 14.5. The molecular weight excluding hydrogens is 322 g/mol. The molecule has 0 aliphatic rings. The SMILES string of the molecule is Cc1nn2c(CNc3ccc(-n4nncc4C)cc3)c(C)nc2s1. The molecule has 0 atom stereocenters. The van der Waals surface area contributed by atoms with Crippen LogP contribution >= 0.6 is 11.3 Å². The zero-order valence-electron chi connectivity index (χ0n) is 13.7. The Morgan fingerprint density at radius 2 is 1.92 bits per heavy atom. The highest BCUT2D eigenvalue weighted by molar-refractivity contribution is 7.16. The average molecular weight is 339 g/mol. The van der Waals surface area contributed by atoms with Crippen molar-refractivity contribution in [3.8, 4) is 5.69 Å². The van der Waals surface area contributed by atoms with Crippen LogP contribution in [0.3, 0.4) is 0 Å². The third kappa shape index (κ3) is 2.54. The molecule has 7 nitrogen and oxygen atoms in total. The van der Waals surface area contributed by atoms with Crippen LogP contribution < -0.4 is 5.32 Å². The number of nitrogens with one attached hydrogen (secondary N) is 1. The number of aromatic nitrogens is 6. The van der Waals surface area contributed by atoms with Crippen LogP contribution in [0.2, 0.25) is 0 Å². The molecule has 0 saturated heterocycles. The van der Waals surface area contributed by atoms with Gasteiger partial charge in [-0.2, -0.15) is 5.10 Å². The molecule has 0 fully saturated rings. The van der Waals surface area contributed by atoms with Gasteiger partial charge >= 0.3 is 0 Å². The van der Waals surface area contributed by atoms with E-state index in [1.54, 1.807) is 17.5 Å². The summed E-state index contributed by atoms with van der Waals surface area (Å²) in [6.45, 7) is 6.68. The first-order valence-corrected chi connectivity index (χ1v) is 8.47. The molecule has 0 amide bonds. The molecule has 3 aromatic heterocycles. The molecule has 0 saturated carbocycles. The summed E-state index contributed by atoms with van der Waals surface area (Å²) >= 11 is 1.61. The third-order valence-electron chi connectivity index (χ3n) is 3.89. The lowest BCUT2D eigenvalue weighted by molar-refractivity contribution is 0.785. The molecule has 0 radical (unpaired) electrons. The summed E-state index contributed by atoms with van der Waals surface area (Å²) in [7, 11) is 0. The van der Waals surface area contributed by atoms with Crippen LogP contribution in [0.25, 0.3) is 10.6 Å². The second kappa shape index (κ2) is 5.72. The van der Waals surface area contributed by atoms with Crippen molar-refractivity contribution in [1.29, 1.82) is 0 Å². The lowest BCUT2D eigenvalue weighted by Gasteiger charge is -2.08. The molecule has 0 aliphatic carbocycles. The Balaban J connectivity index is 1.53. The normalized spacial score (nSPS) is 11.3. The van der Waals surface area contributed by atoms with E-state index in [2.05, 4.69) is 25.7 Å². The minimum atomic E-state index is 0.678. The topological polar surface area (TPSA) is 72.9 Å². The van der Waals surface area contributed by atoms with E-state index >= 15 is 0 Å². The van der Waals surface area contributed by atoms with E-state index in [4.69, 9.17) is 0 Å². The summed E-state index contributed by atoms with van der Waals surface area (Å²) in [6, 6.07) is 8.12. The van der Waals surface area contributed by atoms with Gasteiger partial charge in [0.2, 0.25) is 4.96 Å². The molecule has 0 bridgehead atoms. The van der Waals surface area contributed by atoms with Gasteiger partial charge in [-0.15, -0.1) is 5.10 Å². The van der Waals surface area contributed by atoms with Crippen molar-refractivity contribution in [3.63, 3.8) is 0 Å². The summed E-state index contributed by atoms with van der Waals surface area (Å²) in [4.78, 5) is 5.51. The van der Waals surface area contributed by atoms with E-state index in [-0.39, 0.29) is 0 Å². The van der Waals surface area contributed by atoms with Crippen LogP contribution in [0.1, 0.15) is 22.1 Å². The van der Waals surface area contributed by atoms with Gasteiger partial charge in [-0.25, -0.2) is 14.2 Å². The van der Waals surface area contributed by atoms with Crippen LogP contribution in [0.5, 0.6) is 0 Å². The van der Waals surface area contributed by atoms with Crippen LogP contribution in [0, 0.1) is 20.8 Å². The molecule has 8 heteroatoms. The second-order valence-electron chi connectivity index (χ2n) is 5.65. The predicted molar refractivity (Wildman–Crippen MR) is 93.8 cm³/mol. The van der Waals surface area contributed by atoms with Gasteiger partial charge in [0, 0.05) is 5.69 Å². The number of fused-ring (bicyclic) bond motifs is 1. The van der Waals surface area contributed by atoms with Gasteiger partial charge in [-0.3, -0.25) is 0 Å². The van der Waals surface area contributed by atoms with Crippen molar-refractivity contribution in [2.45, 2.75) is 27.3 Å². The first-order valence-electron chi connectivity index (χ1n) is 7.65. The van der Waals surface area contributed by atoms with Crippen molar-refractivity contribution in [3.05, 3.63) is 52.6 Å². The summed E-state index contributed by atoms with van der Waals surface area (Å²) in [5.41, 5.74) is 5.14. The van der Waals surface area contributed by atoms with Gasteiger partial charge in [0.1, 0.15) is 5.01 Å². The standard InChI is InChI=1S/C16H17N7S/c1-10-8-18-21-22(10)14-6-4-13(5-7-14)17-9-15-11(2)19-16-23(15)20-12(3)24-16/h4-8,17H,9H2,1-3H3. The summed E-state index contributed by atoms with van der Waals surface area (Å²) in [5, 5.41) is 17.0. The van der Waals surface area contributed by atoms with Crippen molar-refractivity contribution < 1.29 is 0 Å². The van der Waals surface area contributed by atoms with Crippen molar-refractivity contribution in [2.75, 3.05) is 5.32 Å². The van der Waals surface area contributed by atoms with Gasteiger partial charge < -0.3 is 5.32 Å². The number of imidazole rings is 1. The summed E-state index contributed by atoms with van der Waals surface area (Å²) in [6.07, 6.45) is 1.75. The summed E-state index contributed by atoms with van der Waals surface area (Å²) in [5.74, 6) is 0. The Kier molecular flexibility index (Phi) is 3.53. The van der Waals surface area contributed by atoms with Crippen molar-refractivity contribution in [2.24, 2.45) is 0 Å². The Hall–Kier alpha value is -2.74. The van der Waals surface area contributed by atoms with Crippen LogP contribution in [-0.4, -0.2) is 29.6 Å². The largest absolute Gasteiger partial charge is 0.379 e. The zero-order chi connectivity index (χ0) is 16.7. The molecule has 4 aromatic rings. The number of benzene rings is 1. The number of aryl methyl sites for hydroxylation is 3. The maximum absolute atomic E-state index is 4.56. The number of nitrogens with zero attached hydrogens (tertiary/aromatic N) is 6. The highest BCUT2D eigenvalue weighted by Crippen LogP contribution is 2.20. The monoisotopic (exact) mass is 339 g/mol. The Morgan fingerprint density at radius 3 is 2.62 bits per heavy atom. The number of hydrogen-bond donors (Lipinski definition) is 1. The fourth-order valence-electron chi connectivity index (χ4n) is 2.64. The minimum Gasteiger partial charge on any atom is -0.379 e. The Labute approximate surface area is 143 Å². The summed E-state index contributed by atoms with van der Waals surface area (Å²) < 4.78 is 3.74. The van der Waals surface area contributed by atoms with Gasteiger partial charge in [0.25, 0.3) is 0 Å². The van der Waals surface area contributed by atoms with Gasteiger partial charge in [0.05, 0.1) is 35.5 Å². The number of rotatable bonds is 4. The second-order valence-corrected chi connectivity index (χ2v) is 6.81. The lowest BCUT2D eigenvalue weighted by Crippen LogP contribution is -2.05. The maximum atomic E-state index is 4.56. The lowest BCUT2D eigenvalue weighted by atomic mass is 10.2. The van der Waals surface area contributed by atoms with E-state index < -0.39 is 0 Å². The highest BCUT2D eigenvalue weighted by atomic mass is 32.1. The molecule has 24 heavy (non-hydrogen) atoms. The van der Waals surface area contributed by atoms with Crippen molar-refractivity contribution in [1.82, 2.24) is 29.6 Å². The van der Waals surface area contributed by atoms with E-state index in [1.807, 2.05) is 54.2 Å². The number of hydrogen-bond acceptors (Lipinski definition) is 6. The molecule has 4 rings (SSSR count). The quantitative estimate of drug-likeness (QED) is 0.619. The predicted octanol–water partition coefficient (Wildman–Crippen LogP) is 2.91. The molecule has 1 N–H and O–H groups in total. The molecule has 1 aromatic carbocycles. The first kappa shape index (κ1) is 14.8. The third-order valence-corrected chi connectivity index (χ3v) is 4.71. The van der Waals surface area contributed by atoms with Gasteiger partial charge in [0.15, 0.2) is 0 Å². The van der Waals surface area contributed by atoms with Crippen molar-refractivity contribution >= 4 is 22.0 Å². The maximum Gasteiger partial charge on any atom is 0.212 e. The van der Waals surface area contributed by atoms with Gasteiger partial charge in [-0.1, -0.05) is 16.6 Å². The van der Waals surface area contributed by atoms with E-state index in [9.17, 15) is 0 Å². The van der Waals surface area contributed by atoms with E-state index in [0.717, 1.165) is 38.4 Å². The average Bonchev–Trinajstić information content (AvgIpc) is 3.21. The fourth-order valence-corrected chi connectivity index (χ4v) is 3.44. The van der Waals surface area contributed by atoms with Crippen LogP contribution in [-0.2, 0) is 6.54 Å². The molecule has 0 aliphatic heterocycles. The number of anilines is 1. The fraction of sp³-hybridized carbons (Fsp3) is 0.250. The first-order chi connectivity index (χ1) is 11.6. The van der Waals surface area contributed by atoms with Gasteiger partial charge in [-0.05, 0) is 45.0 Å². The molecule has 3 heterocycles. The minimum absolute atomic E-state index is 0.678. The molecular formula is C16H17N7S. The smallest absolute Gasteiger partial charge is 0.212 e.